The van der Waals surface area contributed by atoms with Crippen molar-refractivity contribution in [2.45, 2.75) is 6.17 Å². The summed E-state index contributed by atoms with van der Waals surface area (Å²) < 4.78 is 16.5. The summed E-state index contributed by atoms with van der Waals surface area (Å²) in [5, 5.41) is 3.42. The van der Waals surface area contributed by atoms with Gasteiger partial charge in [-0.25, -0.2) is 0 Å². The maximum absolute atomic E-state index is 12.9. The summed E-state index contributed by atoms with van der Waals surface area (Å²) >= 11 is 0. The molecule has 134 valence electrons. The van der Waals surface area contributed by atoms with Crippen LogP contribution in [0.15, 0.2) is 42.0 Å². The first-order valence-corrected chi connectivity index (χ1v) is 8.34. The average molecular weight is 352 g/mol. The van der Waals surface area contributed by atoms with Gasteiger partial charge in [-0.1, -0.05) is 18.2 Å². The van der Waals surface area contributed by atoms with Gasteiger partial charge in [0.2, 0.25) is 0 Å². The van der Waals surface area contributed by atoms with Gasteiger partial charge in [-0.15, -0.1) is 0 Å². The molecule has 1 atom stereocenters. The largest absolute Gasteiger partial charge is 0.493 e. The highest BCUT2D eigenvalue weighted by molar-refractivity contribution is 6.03. The van der Waals surface area contributed by atoms with Gasteiger partial charge in [0.05, 0.1) is 25.5 Å². The smallest absolute Gasteiger partial charge is 0.257 e. The van der Waals surface area contributed by atoms with Gasteiger partial charge < -0.3 is 24.4 Å². The molecule has 1 amide bonds. The molecule has 2 aliphatic rings. The van der Waals surface area contributed by atoms with E-state index in [1.54, 1.807) is 38.3 Å². The minimum atomic E-state index is -0.290. The Bertz CT molecular complexity index is 907. The summed E-state index contributed by atoms with van der Waals surface area (Å²) in [5.74, 6) is 1.88. The van der Waals surface area contributed by atoms with Crippen LogP contribution >= 0.6 is 0 Å². The summed E-state index contributed by atoms with van der Waals surface area (Å²) in [6.45, 7) is 0.426. The minimum Gasteiger partial charge on any atom is -0.493 e. The molecule has 0 spiro atoms. The fourth-order valence-corrected chi connectivity index (χ4v) is 3.36. The van der Waals surface area contributed by atoms with Gasteiger partial charge in [-0.3, -0.25) is 4.79 Å². The van der Waals surface area contributed by atoms with Crippen LogP contribution in [0.1, 0.15) is 15.9 Å². The van der Waals surface area contributed by atoms with E-state index in [0.29, 0.717) is 23.7 Å². The summed E-state index contributed by atoms with van der Waals surface area (Å²) in [7, 11) is 4.91. The normalized spacial score (nSPS) is 18.1. The minimum absolute atomic E-state index is 0.0792. The Balaban J connectivity index is 1.73. The highest BCUT2D eigenvalue weighted by Crippen LogP contribution is 2.38. The lowest BCUT2D eigenvalue weighted by Gasteiger charge is -2.38. The number of nitrogens with zero attached hydrogens (tertiary/aromatic N) is 1. The Kier molecular flexibility index (Phi) is 3.95. The van der Waals surface area contributed by atoms with Gasteiger partial charge in [0.25, 0.3) is 5.91 Å². The number of carbonyl (C=O) groups is 1. The predicted molar refractivity (Wildman–Crippen MR) is 99.0 cm³/mol. The molecular formula is C20H20N2O4. The molecular weight excluding hydrogens is 332 g/mol. The number of likely N-dealkylation sites (N-methyl/N-ethyl adjacent to an activating group) is 1. The Morgan fingerprint density at radius 1 is 1.15 bits per heavy atom. The lowest BCUT2D eigenvalue weighted by Crippen LogP contribution is -2.48. The first-order valence-electron chi connectivity index (χ1n) is 8.34. The first kappa shape index (κ1) is 16.3. The number of rotatable bonds is 3. The van der Waals surface area contributed by atoms with Crippen LogP contribution in [-0.2, 0) is 0 Å². The second kappa shape index (κ2) is 6.29. The van der Waals surface area contributed by atoms with Gasteiger partial charge >= 0.3 is 0 Å². The molecule has 0 saturated carbocycles. The van der Waals surface area contributed by atoms with Crippen molar-refractivity contribution in [2.24, 2.45) is 0 Å². The molecule has 0 aliphatic carbocycles. The van der Waals surface area contributed by atoms with Gasteiger partial charge in [0.15, 0.2) is 11.5 Å². The zero-order valence-corrected chi connectivity index (χ0v) is 14.9. The van der Waals surface area contributed by atoms with Crippen molar-refractivity contribution >= 4 is 17.7 Å². The third kappa shape index (κ3) is 2.54. The number of amides is 1. The summed E-state index contributed by atoms with van der Waals surface area (Å²) in [6.07, 6.45) is 1.79. The molecule has 2 aromatic carbocycles. The van der Waals surface area contributed by atoms with Gasteiger partial charge in [-0.2, -0.15) is 0 Å². The number of carbonyl (C=O) groups excluding carboxylic acids is 1. The van der Waals surface area contributed by atoms with E-state index in [9.17, 15) is 4.79 Å². The summed E-state index contributed by atoms with van der Waals surface area (Å²) in [6, 6.07) is 11.4. The molecule has 6 heteroatoms. The quantitative estimate of drug-likeness (QED) is 0.920. The molecule has 4 rings (SSSR count). The fraction of sp³-hybridized carbons (Fsp3) is 0.250. The number of hydrogen-bond donors (Lipinski definition) is 1. The molecule has 2 heterocycles. The second-order valence-electron chi connectivity index (χ2n) is 6.26. The third-order valence-electron chi connectivity index (χ3n) is 4.76. The predicted octanol–water partition coefficient (Wildman–Crippen LogP) is 3.00. The molecule has 0 fully saturated rings. The maximum atomic E-state index is 12.9. The number of methoxy groups -OCH3 is 2. The van der Waals surface area contributed by atoms with Crippen LogP contribution in [0, 0.1) is 0 Å². The van der Waals surface area contributed by atoms with Crippen molar-refractivity contribution in [1.82, 2.24) is 4.90 Å². The van der Waals surface area contributed by atoms with E-state index in [1.807, 2.05) is 24.3 Å². The second-order valence-corrected chi connectivity index (χ2v) is 6.26. The Hall–Kier alpha value is -3.15. The number of hydrogen-bond acceptors (Lipinski definition) is 5. The van der Waals surface area contributed by atoms with E-state index < -0.39 is 0 Å². The van der Waals surface area contributed by atoms with Crippen LogP contribution in [0.25, 0.3) is 6.08 Å². The monoisotopic (exact) mass is 352 g/mol. The van der Waals surface area contributed by atoms with Crippen LogP contribution in [-0.4, -0.2) is 44.8 Å². The van der Waals surface area contributed by atoms with Gasteiger partial charge in [0, 0.05) is 24.3 Å². The molecule has 6 nitrogen and oxygen atoms in total. The van der Waals surface area contributed by atoms with Crippen molar-refractivity contribution in [3.8, 4) is 17.2 Å². The van der Waals surface area contributed by atoms with Gasteiger partial charge in [0.1, 0.15) is 18.5 Å². The summed E-state index contributed by atoms with van der Waals surface area (Å²) in [4.78, 5) is 14.6. The van der Waals surface area contributed by atoms with Crippen LogP contribution < -0.4 is 19.5 Å². The number of anilines is 1. The molecule has 26 heavy (non-hydrogen) atoms. The lowest BCUT2D eigenvalue weighted by molar-refractivity contribution is 0.0751. The molecule has 0 bridgehead atoms. The molecule has 1 unspecified atom stereocenters. The van der Waals surface area contributed by atoms with Crippen molar-refractivity contribution < 1.29 is 19.0 Å². The van der Waals surface area contributed by atoms with Gasteiger partial charge in [-0.05, 0) is 18.2 Å². The molecule has 2 aromatic rings. The molecule has 2 aliphatic heterocycles. The van der Waals surface area contributed by atoms with Crippen LogP contribution in [0.4, 0.5) is 5.69 Å². The fourth-order valence-electron chi connectivity index (χ4n) is 3.36. The van der Waals surface area contributed by atoms with Crippen LogP contribution in [0.5, 0.6) is 17.2 Å². The lowest BCUT2D eigenvalue weighted by atomic mass is 10.0. The number of benzene rings is 2. The molecule has 1 N–H and O–H groups in total. The Morgan fingerprint density at radius 3 is 2.65 bits per heavy atom. The van der Waals surface area contributed by atoms with Crippen molar-refractivity contribution in [2.75, 3.05) is 33.2 Å². The van der Waals surface area contributed by atoms with E-state index in [-0.39, 0.29) is 12.1 Å². The number of ether oxygens (including phenoxy) is 3. The van der Waals surface area contributed by atoms with E-state index in [2.05, 4.69) is 11.4 Å². The topological polar surface area (TPSA) is 60.0 Å². The van der Waals surface area contributed by atoms with Crippen molar-refractivity contribution in [3.63, 3.8) is 0 Å². The Morgan fingerprint density at radius 2 is 1.88 bits per heavy atom. The zero-order chi connectivity index (χ0) is 18.3. The average Bonchev–Trinajstić information content (AvgIpc) is 2.69. The number of fused-ring (bicyclic) bond motifs is 2. The highest BCUT2D eigenvalue weighted by Gasteiger charge is 2.34. The number of para-hydroxylation sites is 1. The molecule has 0 aromatic heterocycles. The zero-order valence-electron chi connectivity index (χ0n) is 14.9. The Labute approximate surface area is 152 Å². The van der Waals surface area contributed by atoms with E-state index in [4.69, 9.17) is 14.2 Å². The van der Waals surface area contributed by atoms with E-state index in [1.165, 1.54) is 0 Å². The first-order chi connectivity index (χ1) is 12.6. The highest BCUT2D eigenvalue weighted by atomic mass is 16.5. The van der Waals surface area contributed by atoms with Crippen molar-refractivity contribution in [3.05, 3.63) is 53.1 Å². The third-order valence-corrected chi connectivity index (χ3v) is 4.76. The maximum Gasteiger partial charge on any atom is 0.257 e. The standard InChI is InChI=1S/C20H20N2O4/c1-22-19(13-8-12-6-4-5-7-16(12)26-11-13)21-15-10-18(25-3)17(24-2)9-14(15)20(22)23/h4-10,19,21H,11H2,1-3H3. The number of nitrogens with one attached hydrogen (secondary N) is 1. The van der Waals surface area contributed by atoms with Crippen molar-refractivity contribution in [1.29, 1.82) is 0 Å². The summed E-state index contributed by atoms with van der Waals surface area (Å²) in [5.41, 5.74) is 3.27. The van der Waals surface area contributed by atoms with Crippen LogP contribution in [0.3, 0.4) is 0 Å². The SMILES string of the molecule is COc1cc2c(cc1OC)C(=O)N(C)C(C1=Cc3ccccc3OC1)N2. The van der Waals surface area contributed by atoms with E-state index >= 15 is 0 Å². The van der Waals surface area contributed by atoms with E-state index in [0.717, 1.165) is 22.6 Å². The molecule has 0 radical (unpaired) electrons. The van der Waals surface area contributed by atoms with Crippen LogP contribution in [0.2, 0.25) is 0 Å². The molecule has 0 saturated heterocycles.